The van der Waals surface area contributed by atoms with Crippen LogP contribution in [0.15, 0.2) is 18.3 Å². The van der Waals surface area contributed by atoms with Crippen LogP contribution in [0, 0.1) is 6.92 Å². The highest BCUT2D eigenvalue weighted by molar-refractivity contribution is 5.88. The zero-order valence-electron chi connectivity index (χ0n) is 15.5. The summed E-state index contributed by atoms with van der Waals surface area (Å²) in [6.07, 6.45) is 10.6. The average molecular weight is 342 g/mol. The van der Waals surface area contributed by atoms with Crippen LogP contribution < -0.4 is 4.74 Å². The van der Waals surface area contributed by atoms with Gasteiger partial charge in [-0.2, -0.15) is 0 Å². The lowest BCUT2D eigenvalue weighted by Gasteiger charge is -2.33. The molecule has 1 aromatic heterocycles. The maximum Gasteiger partial charge on any atom is 0.124 e. The molecular weight excluding hydrogens is 312 g/mol. The fraction of sp³-hybridized carbons (Fsp3) is 0.619. The molecule has 0 bridgehead atoms. The number of nitrogens with one attached hydrogen (secondary N) is 1. The monoisotopic (exact) mass is 342 g/mol. The molecule has 1 aromatic carbocycles. The van der Waals surface area contributed by atoms with Crippen LogP contribution in [0.5, 0.6) is 5.75 Å². The average Bonchev–Trinajstić information content (AvgIpc) is 3.30. The Morgan fingerprint density at radius 3 is 2.56 bits per heavy atom. The third-order valence-electron chi connectivity index (χ3n) is 5.93. The molecule has 2 aliphatic rings. The molecule has 4 heteroatoms. The van der Waals surface area contributed by atoms with Crippen LogP contribution in [0.25, 0.3) is 10.9 Å². The second-order valence-electron chi connectivity index (χ2n) is 7.66. The molecule has 1 aliphatic heterocycles. The number of aryl methyl sites for hydroxylation is 1. The summed E-state index contributed by atoms with van der Waals surface area (Å²) in [6.45, 7) is 5.31. The van der Waals surface area contributed by atoms with Crippen LogP contribution in [0.1, 0.15) is 49.7 Å². The van der Waals surface area contributed by atoms with Crippen molar-refractivity contribution < 1.29 is 9.47 Å². The number of hydrogen-bond acceptors (Lipinski definition) is 3. The Hall–Kier alpha value is -1.52. The number of fused-ring (bicyclic) bond motifs is 1. The molecule has 1 N–H and O–H groups in total. The molecule has 0 radical (unpaired) electrons. The van der Waals surface area contributed by atoms with Crippen molar-refractivity contribution in [1.29, 1.82) is 0 Å². The van der Waals surface area contributed by atoms with E-state index in [-0.39, 0.29) is 0 Å². The molecule has 1 saturated carbocycles. The summed E-state index contributed by atoms with van der Waals surface area (Å²) in [4.78, 5) is 5.92. The molecule has 25 heavy (non-hydrogen) atoms. The summed E-state index contributed by atoms with van der Waals surface area (Å²) in [5.74, 6) is 1.01. The molecule has 2 fully saturated rings. The van der Waals surface area contributed by atoms with Crippen LogP contribution in [0.3, 0.4) is 0 Å². The van der Waals surface area contributed by atoms with Gasteiger partial charge in [-0.1, -0.05) is 12.8 Å². The number of aromatic amines is 1. The minimum Gasteiger partial charge on any atom is -0.496 e. The number of rotatable bonds is 5. The van der Waals surface area contributed by atoms with E-state index in [9.17, 15) is 0 Å². The third-order valence-corrected chi connectivity index (χ3v) is 5.93. The Balaban J connectivity index is 1.42. The lowest BCUT2D eigenvalue weighted by molar-refractivity contribution is -0.0399. The molecule has 0 atom stereocenters. The van der Waals surface area contributed by atoms with Crippen molar-refractivity contribution in [3.8, 4) is 5.75 Å². The van der Waals surface area contributed by atoms with E-state index >= 15 is 0 Å². The van der Waals surface area contributed by atoms with Gasteiger partial charge in [-0.05, 0) is 50.3 Å². The van der Waals surface area contributed by atoms with Crippen molar-refractivity contribution in [2.45, 2.75) is 64.2 Å². The molecule has 0 amide bonds. The van der Waals surface area contributed by atoms with Crippen molar-refractivity contribution in [3.63, 3.8) is 0 Å². The van der Waals surface area contributed by atoms with Gasteiger partial charge in [0.2, 0.25) is 0 Å². The smallest absolute Gasteiger partial charge is 0.124 e. The van der Waals surface area contributed by atoms with E-state index in [0.29, 0.717) is 12.2 Å². The number of likely N-dealkylation sites (tertiary alicyclic amines) is 1. The predicted molar refractivity (Wildman–Crippen MR) is 101 cm³/mol. The fourth-order valence-corrected chi connectivity index (χ4v) is 4.50. The van der Waals surface area contributed by atoms with Gasteiger partial charge in [0.15, 0.2) is 0 Å². The van der Waals surface area contributed by atoms with Crippen molar-refractivity contribution >= 4 is 10.9 Å². The Bertz CT molecular complexity index is 710. The van der Waals surface area contributed by atoms with E-state index in [0.717, 1.165) is 38.2 Å². The molecule has 4 nitrogen and oxygen atoms in total. The maximum atomic E-state index is 6.31. The molecule has 1 aliphatic carbocycles. The third kappa shape index (κ3) is 3.56. The number of benzene rings is 1. The summed E-state index contributed by atoms with van der Waals surface area (Å²) in [5.41, 5.74) is 3.78. The Kier molecular flexibility index (Phi) is 5.00. The minimum atomic E-state index is 0.464. The summed E-state index contributed by atoms with van der Waals surface area (Å²) in [6, 6.07) is 4.33. The van der Waals surface area contributed by atoms with Crippen molar-refractivity contribution in [1.82, 2.24) is 9.88 Å². The van der Waals surface area contributed by atoms with Gasteiger partial charge in [-0.3, -0.25) is 4.90 Å². The zero-order valence-corrected chi connectivity index (χ0v) is 15.5. The Morgan fingerprint density at radius 2 is 1.84 bits per heavy atom. The number of hydrogen-bond donors (Lipinski definition) is 1. The summed E-state index contributed by atoms with van der Waals surface area (Å²) in [7, 11) is 1.78. The summed E-state index contributed by atoms with van der Waals surface area (Å²) in [5, 5.41) is 1.29. The van der Waals surface area contributed by atoms with Gasteiger partial charge in [0.1, 0.15) is 5.75 Å². The first-order valence-electron chi connectivity index (χ1n) is 9.76. The lowest BCUT2D eigenvalue weighted by Crippen LogP contribution is -2.37. The number of methoxy groups -OCH3 is 1. The fourth-order valence-electron chi connectivity index (χ4n) is 4.50. The van der Waals surface area contributed by atoms with Gasteiger partial charge >= 0.3 is 0 Å². The largest absolute Gasteiger partial charge is 0.496 e. The van der Waals surface area contributed by atoms with Gasteiger partial charge in [-0.15, -0.1) is 0 Å². The van der Waals surface area contributed by atoms with E-state index in [1.807, 2.05) is 6.20 Å². The van der Waals surface area contributed by atoms with Crippen molar-refractivity contribution in [2.24, 2.45) is 0 Å². The first kappa shape index (κ1) is 16.9. The van der Waals surface area contributed by atoms with Gasteiger partial charge in [0.05, 0.1) is 19.3 Å². The van der Waals surface area contributed by atoms with Gasteiger partial charge in [-0.25, -0.2) is 0 Å². The number of ether oxygens (including phenoxy) is 2. The molecule has 2 heterocycles. The van der Waals surface area contributed by atoms with Gasteiger partial charge in [0, 0.05) is 42.3 Å². The van der Waals surface area contributed by atoms with Crippen LogP contribution in [0.4, 0.5) is 0 Å². The molecule has 0 spiro atoms. The van der Waals surface area contributed by atoms with Gasteiger partial charge in [0.25, 0.3) is 0 Å². The number of aromatic nitrogens is 1. The quantitative estimate of drug-likeness (QED) is 0.874. The topological polar surface area (TPSA) is 37.5 Å². The second kappa shape index (κ2) is 7.38. The molecular formula is C21H30N2O2. The van der Waals surface area contributed by atoms with Crippen molar-refractivity contribution in [2.75, 3.05) is 20.2 Å². The second-order valence-corrected chi connectivity index (χ2v) is 7.66. The maximum absolute atomic E-state index is 6.31. The first-order chi connectivity index (χ1) is 12.2. The Labute approximate surface area is 150 Å². The highest BCUT2D eigenvalue weighted by Crippen LogP contribution is 2.32. The highest BCUT2D eigenvalue weighted by atomic mass is 16.5. The number of nitrogens with zero attached hydrogens (tertiary/aromatic N) is 1. The van der Waals surface area contributed by atoms with Crippen LogP contribution in [0.2, 0.25) is 0 Å². The predicted octanol–water partition coefficient (Wildman–Crippen LogP) is 4.41. The molecule has 2 aromatic rings. The SMILES string of the molecule is COc1cc(C)c2[nH]ccc2c1CN1CCC(OC2CCCC2)CC1. The Morgan fingerprint density at radius 1 is 1.12 bits per heavy atom. The number of piperidine rings is 1. The molecule has 4 rings (SSSR count). The minimum absolute atomic E-state index is 0.464. The normalized spacial score (nSPS) is 20.6. The van der Waals surface area contributed by atoms with Crippen LogP contribution in [-0.4, -0.2) is 42.3 Å². The molecule has 136 valence electrons. The molecule has 0 unspecified atom stereocenters. The van der Waals surface area contributed by atoms with Gasteiger partial charge < -0.3 is 14.5 Å². The first-order valence-corrected chi connectivity index (χ1v) is 9.76. The van der Waals surface area contributed by atoms with E-state index in [2.05, 4.69) is 28.9 Å². The van der Waals surface area contributed by atoms with E-state index in [4.69, 9.17) is 9.47 Å². The summed E-state index contributed by atoms with van der Waals surface area (Å²) < 4.78 is 12.0. The number of H-pyrrole nitrogens is 1. The van der Waals surface area contributed by atoms with E-state index < -0.39 is 0 Å². The molecule has 1 saturated heterocycles. The van der Waals surface area contributed by atoms with E-state index in [1.54, 1.807) is 7.11 Å². The van der Waals surface area contributed by atoms with E-state index in [1.165, 1.54) is 47.7 Å². The van der Waals surface area contributed by atoms with Crippen LogP contribution in [-0.2, 0) is 11.3 Å². The van der Waals surface area contributed by atoms with Crippen molar-refractivity contribution in [3.05, 3.63) is 29.5 Å². The zero-order chi connectivity index (χ0) is 17.2. The van der Waals surface area contributed by atoms with Crippen LogP contribution >= 0.6 is 0 Å². The summed E-state index contributed by atoms with van der Waals surface area (Å²) >= 11 is 0. The highest BCUT2D eigenvalue weighted by Gasteiger charge is 2.25. The lowest BCUT2D eigenvalue weighted by atomic mass is 10.0. The standard InChI is InChI=1S/C21H30N2O2/c1-15-13-20(24-2)19(18-7-10-22-21(15)18)14-23-11-8-17(9-12-23)25-16-5-3-4-6-16/h7,10,13,16-17,22H,3-6,8-9,11-12,14H2,1-2H3.